The summed E-state index contributed by atoms with van der Waals surface area (Å²) in [6.07, 6.45) is 0. The van der Waals surface area contributed by atoms with Gasteiger partial charge in [0.25, 0.3) is 0 Å². The van der Waals surface area contributed by atoms with Crippen molar-refractivity contribution in [2.75, 3.05) is 0 Å². The molecule has 0 unspecified atom stereocenters. The van der Waals surface area contributed by atoms with E-state index in [-0.39, 0.29) is 0 Å². The maximum atomic E-state index is 5.51. The van der Waals surface area contributed by atoms with E-state index in [1.165, 1.54) is 0 Å². The van der Waals surface area contributed by atoms with Crippen LogP contribution in [0.1, 0.15) is 11.5 Å². The van der Waals surface area contributed by atoms with E-state index in [1.54, 1.807) is 0 Å². The molecule has 14 heavy (non-hydrogen) atoms. The number of benzene rings is 1. The molecule has 0 saturated carbocycles. The van der Waals surface area contributed by atoms with Gasteiger partial charge in [-0.05, 0) is 19.1 Å². The summed E-state index contributed by atoms with van der Waals surface area (Å²) in [6, 6.07) is 9.80. The van der Waals surface area contributed by atoms with Gasteiger partial charge in [-0.2, -0.15) is 0 Å². The maximum Gasteiger partial charge on any atom is 0.226 e. The summed E-state index contributed by atoms with van der Waals surface area (Å²) in [6.45, 7) is 2.30. The third-order valence-corrected chi connectivity index (χ3v) is 2.10. The van der Waals surface area contributed by atoms with Crippen LogP contribution in [0.25, 0.3) is 11.5 Å². The molecule has 0 bridgehead atoms. The first-order valence-corrected chi connectivity index (χ1v) is 4.53. The van der Waals surface area contributed by atoms with Crippen LogP contribution in [-0.4, -0.2) is 4.98 Å². The zero-order valence-corrected chi connectivity index (χ0v) is 8.03. The second-order valence-corrected chi connectivity index (χ2v) is 3.10. The number of nitrogens with two attached hydrogens (primary N) is 1. The van der Waals surface area contributed by atoms with E-state index in [0.717, 1.165) is 17.0 Å². The average molecular weight is 188 g/mol. The average Bonchev–Trinajstić information content (AvgIpc) is 2.61. The second kappa shape index (κ2) is 3.64. The molecule has 1 aromatic heterocycles. The predicted molar refractivity (Wildman–Crippen MR) is 54.6 cm³/mol. The lowest BCUT2D eigenvalue weighted by atomic mass is 10.2. The largest absolute Gasteiger partial charge is 0.440 e. The van der Waals surface area contributed by atoms with Crippen molar-refractivity contribution in [3.8, 4) is 11.5 Å². The van der Waals surface area contributed by atoms with Crippen molar-refractivity contribution in [1.29, 1.82) is 0 Å². The Hall–Kier alpha value is -1.61. The lowest BCUT2D eigenvalue weighted by molar-refractivity contribution is 0.518. The number of hydrogen-bond acceptors (Lipinski definition) is 3. The number of hydrogen-bond donors (Lipinski definition) is 1. The quantitative estimate of drug-likeness (QED) is 0.785. The van der Waals surface area contributed by atoms with Crippen molar-refractivity contribution < 1.29 is 4.42 Å². The first-order chi connectivity index (χ1) is 6.81. The Morgan fingerprint density at radius 3 is 2.57 bits per heavy atom. The van der Waals surface area contributed by atoms with Gasteiger partial charge in [-0.15, -0.1) is 0 Å². The molecule has 0 atom stereocenters. The SMILES string of the molecule is Cc1nc(-c2ccccc2)oc1CN. The standard InChI is InChI=1S/C11H12N2O/c1-8-10(7-12)14-11(13-8)9-5-3-2-4-6-9/h2-6H,7,12H2,1H3. The molecule has 3 heteroatoms. The molecule has 0 aliphatic carbocycles. The number of oxazole rings is 1. The van der Waals surface area contributed by atoms with Gasteiger partial charge in [0, 0.05) is 5.56 Å². The normalized spacial score (nSPS) is 10.4. The molecule has 3 nitrogen and oxygen atoms in total. The molecule has 2 rings (SSSR count). The Morgan fingerprint density at radius 1 is 1.29 bits per heavy atom. The fourth-order valence-electron chi connectivity index (χ4n) is 1.32. The summed E-state index contributed by atoms with van der Waals surface area (Å²) in [5, 5.41) is 0. The zero-order valence-electron chi connectivity index (χ0n) is 8.03. The Bertz CT molecular complexity index is 420. The van der Waals surface area contributed by atoms with Gasteiger partial charge >= 0.3 is 0 Å². The third kappa shape index (κ3) is 1.54. The summed E-state index contributed by atoms with van der Waals surface area (Å²) >= 11 is 0. The van der Waals surface area contributed by atoms with Crippen LogP contribution in [0.4, 0.5) is 0 Å². The molecule has 0 radical (unpaired) electrons. The number of rotatable bonds is 2. The van der Waals surface area contributed by atoms with Gasteiger partial charge < -0.3 is 10.2 Å². The van der Waals surface area contributed by atoms with Crippen molar-refractivity contribution in [3.63, 3.8) is 0 Å². The van der Waals surface area contributed by atoms with Gasteiger partial charge in [-0.1, -0.05) is 18.2 Å². The molecule has 1 heterocycles. The predicted octanol–water partition coefficient (Wildman–Crippen LogP) is 2.11. The highest BCUT2D eigenvalue weighted by molar-refractivity contribution is 5.53. The second-order valence-electron chi connectivity index (χ2n) is 3.10. The molecule has 2 aromatic rings. The molecule has 0 amide bonds. The van der Waals surface area contributed by atoms with E-state index in [1.807, 2.05) is 37.3 Å². The van der Waals surface area contributed by atoms with Gasteiger partial charge in [-0.3, -0.25) is 0 Å². The fourth-order valence-corrected chi connectivity index (χ4v) is 1.32. The van der Waals surface area contributed by atoms with Crippen LogP contribution < -0.4 is 5.73 Å². The smallest absolute Gasteiger partial charge is 0.226 e. The van der Waals surface area contributed by atoms with Gasteiger partial charge in [0.1, 0.15) is 5.76 Å². The van der Waals surface area contributed by atoms with Gasteiger partial charge in [0.2, 0.25) is 5.89 Å². The molecular weight excluding hydrogens is 176 g/mol. The molecule has 2 N–H and O–H groups in total. The highest BCUT2D eigenvalue weighted by atomic mass is 16.4. The van der Waals surface area contributed by atoms with Crippen molar-refractivity contribution >= 4 is 0 Å². The third-order valence-electron chi connectivity index (χ3n) is 2.10. The van der Waals surface area contributed by atoms with Gasteiger partial charge in [-0.25, -0.2) is 4.98 Å². The fraction of sp³-hybridized carbons (Fsp3) is 0.182. The van der Waals surface area contributed by atoms with E-state index in [4.69, 9.17) is 10.2 Å². The minimum absolute atomic E-state index is 0.395. The molecule has 0 aliphatic rings. The summed E-state index contributed by atoms with van der Waals surface area (Å²) in [5.74, 6) is 1.40. The molecular formula is C11H12N2O. The summed E-state index contributed by atoms with van der Waals surface area (Å²) < 4.78 is 5.51. The van der Waals surface area contributed by atoms with Crippen molar-refractivity contribution in [2.45, 2.75) is 13.5 Å². The van der Waals surface area contributed by atoms with Crippen LogP contribution >= 0.6 is 0 Å². The maximum absolute atomic E-state index is 5.51. The van der Waals surface area contributed by atoms with Crippen LogP contribution in [0.5, 0.6) is 0 Å². The summed E-state index contributed by atoms with van der Waals surface area (Å²) in [5.41, 5.74) is 7.36. The molecule has 0 spiro atoms. The Balaban J connectivity index is 2.43. The number of nitrogens with zero attached hydrogens (tertiary/aromatic N) is 1. The van der Waals surface area contributed by atoms with Gasteiger partial charge in [0.15, 0.2) is 0 Å². The summed E-state index contributed by atoms with van der Waals surface area (Å²) in [4.78, 5) is 4.31. The van der Waals surface area contributed by atoms with Crippen LogP contribution in [0.3, 0.4) is 0 Å². The molecule has 0 saturated heterocycles. The summed E-state index contributed by atoms with van der Waals surface area (Å²) in [7, 11) is 0. The first-order valence-electron chi connectivity index (χ1n) is 4.53. The van der Waals surface area contributed by atoms with Crippen LogP contribution in [0, 0.1) is 6.92 Å². The Kier molecular flexibility index (Phi) is 2.33. The minimum Gasteiger partial charge on any atom is -0.440 e. The monoisotopic (exact) mass is 188 g/mol. The minimum atomic E-state index is 0.395. The lowest BCUT2D eigenvalue weighted by Crippen LogP contribution is -1.95. The first kappa shape index (κ1) is 8.97. The van der Waals surface area contributed by atoms with E-state index in [0.29, 0.717) is 12.4 Å². The number of aromatic nitrogens is 1. The lowest BCUT2D eigenvalue weighted by Gasteiger charge is -1.92. The Labute approximate surface area is 82.6 Å². The van der Waals surface area contributed by atoms with E-state index < -0.39 is 0 Å². The Morgan fingerprint density at radius 2 is 2.00 bits per heavy atom. The van der Waals surface area contributed by atoms with E-state index in [9.17, 15) is 0 Å². The topological polar surface area (TPSA) is 52.0 Å². The molecule has 72 valence electrons. The highest BCUT2D eigenvalue weighted by Crippen LogP contribution is 2.20. The van der Waals surface area contributed by atoms with Gasteiger partial charge in [0.05, 0.1) is 12.2 Å². The zero-order chi connectivity index (χ0) is 9.97. The number of aryl methyl sites for hydroxylation is 1. The van der Waals surface area contributed by atoms with Crippen LogP contribution in [0.15, 0.2) is 34.7 Å². The van der Waals surface area contributed by atoms with Crippen molar-refractivity contribution in [1.82, 2.24) is 4.98 Å². The van der Waals surface area contributed by atoms with Crippen molar-refractivity contribution in [3.05, 3.63) is 41.8 Å². The van der Waals surface area contributed by atoms with Crippen molar-refractivity contribution in [2.24, 2.45) is 5.73 Å². The molecule has 0 aliphatic heterocycles. The molecule has 0 fully saturated rings. The van der Waals surface area contributed by atoms with Crippen LogP contribution in [-0.2, 0) is 6.54 Å². The van der Waals surface area contributed by atoms with E-state index in [2.05, 4.69) is 4.98 Å². The van der Waals surface area contributed by atoms with E-state index >= 15 is 0 Å². The highest BCUT2D eigenvalue weighted by Gasteiger charge is 2.08. The van der Waals surface area contributed by atoms with Crippen LogP contribution in [0.2, 0.25) is 0 Å². The molecule has 1 aromatic carbocycles.